The Hall–Kier alpha value is -1.57. The van der Waals surface area contributed by atoms with Crippen LogP contribution in [0.2, 0.25) is 5.02 Å². The van der Waals surface area contributed by atoms with Crippen molar-refractivity contribution in [2.75, 3.05) is 6.54 Å². The molecule has 0 saturated heterocycles. The number of hydrogen-bond donors (Lipinski definition) is 2. The zero-order valence-corrected chi connectivity index (χ0v) is 9.58. The van der Waals surface area contributed by atoms with Crippen LogP contribution in [0, 0.1) is 11.3 Å². The van der Waals surface area contributed by atoms with E-state index in [2.05, 4.69) is 5.32 Å². The third-order valence-electron chi connectivity index (χ3n) is 2.42. The highest BCUT2D eigenvalue weighted by Gasteiger charge is 2.32. The Labute approximate surface area is 99.0 Å². The summed E-state index contributed by atoms with van der Waals surface area (Å²) >= 11 is 5.84. The molecule has 0 radical (unpaired) electrons. The van der Waals surface area contributed by atoms with Crippen LogP contribution < -0.4 is 11.1 Å². The monoisotopic (exact) mass is 237 g/mol. The summed E-state index contributed by atoms with van der Waals surface area (Å²) in [5, 5.41) is 11.8. The minimum atomic E-state index is -1.08. The fourth-order valence-corrected chi connectivity index (χ4v) is 1.54. The Kier molecular flexibility index (Phi) is 3.88. The first-order valence-corrected chi connectivity index (χ1v) is 5.06. The number of nitrogens with two attached hydrogens (primary N) is 1. The van der Waals surface area contributed by atoms with E-state index in [4.69, 9.17) is 22.6 Å². The lowest BCUT2D eigenvalue weighted by molar-refractivity contribution is -0.124. The lowest BCUT2D eigenvalue weighted by Crippen LogP contribution is -2.50. The van der Waals surface area contributed by atoms with Crippen LogP contribution in [0.25, 0.3) is 0 Å². The predicted octanol–water partition coefficient (Wildman–Crippen LogP) is 1.15. The number of carbonyl (C=O) groups is 1. The average Bonchev–Trinajstić information content (AvgIpc) is 2.25. The smallest absolute Gasteiger partial charge is 0.242 e. The van der Waals surface area contributed by atoms with Crippen molar-refractivity contribution in [2.45, 2.75) is 12.5 Å². The van der Waals surface area contributed by atoms with Gasteiger partial charge in [0.05, 0.1) is 12.6 Å². The number of hydrogen-bond acceptors (Lipinski definition) is 3. The molecule has 3 N–H and O–H groups in total. The first kappa shape index (κ1) is 12.5. The van der Waals surface area contributed by atoms with Crippen LogP contribution in [0.4, 0.5) is 0 Å². The summed E-state index contributed by atoms with van der Waals surface area (Å²) in [6, 6.07) is 8.73. The first-order valence-electron chi connectivity index (χ1n) is 4.68. The number of nitriles is 1. The van der Waals surface area contributed by atoms with Crippen LogP contribution in [0.15, 0.2) is 24.3 Å². The van der Waals surface area contributed by atoms with Gasteiger partial charge in [0.2, 0.25) is 5.91 Å². The van der Waals surface area contributed by atoms with E-state index in [9.17, 15) is 4.79 Å². The maximum atomic E-state index is 11.4. The van der Waals surface area contributed by atoms with Gasteiger partial charge in [-0.3, -0.25) is 10.1 Å². The highest BCUT2D eigenvalue weighted by molar-refractivity contribution is 6.30. The molecule has 1 aromatic carbocycles. The second-order valence-corrected chi connectivity index (χ2v) is 3.95. The summed E-state index contributed by atoms with van der Waals surface area (Å²) in [6.07, 6.45) is 0. The van der Waals surface area contributed by atoms with Crippen LogP contribution in [0.1, 0.15) is 12.5 Å². The summed E-state index contributed by atoms with van der Waals surface area (Å²) in [5.41, 5.74) is 4.90. The van der Waals surface area contributed by atoms with Gasteiger partial charge in [-0.25, -0.2) is 0 Å². The minimum Gasteiger partial charge on any atom is -0.368 e. The normalized spacial score (nSPS) is 13.8. The Bertz CT molecular complexity index is 441. The van der Waals surface area contributed by atoms with Crippen molar-refractivity contribution in [1.29, 1.82) is 5.26 Å². The van der Waals surface area contributed by atoms with Gasteiger partial charge < -0.3 is 5.73 Å². The van der Waals surface area contributed by atoms with Gasteiger partial charge in [-0.05, 0) is 24.6 Å². The van der Waals surface area contributed by atoms with Crippen molar-refractivity contribution < 1.29 is 4.79 Å². The fourth-order valence-electron chi connectivity index (χ4n) is 1.35. The molecule has 4 nitrogen and oxygen atoms in total. The highest BCUT2D eigenvalue weighted by Crippen LogP contribution is 2.23. The average molecular weight is 238 g/mol. The SMILES string of the molecule is CC(NCC#N)(C(N)=O)c1cccc(Cl)c1. The van der Waals surface area contributed by atoms with Gasteiger partial charge in [0, 0.05) is 5.02 Å². The summed E-state index contributed by atoms with van der Waals surface area (Å²) in [6.45, 7) is 1.66. The van der Waals surface area contributed by atoms with E-state index < -0.39 is 11.4 Å². The quantitative estimate of drug-likeness (QED) is 0.771. The molecule has 0 bridgehead atoms. The van der Waals surface area contributed by atoms with Gasteiger partial charge in [0.1, 0.15) is 5.54 Å². The molecule has 0 heterocycles. The molecular formula is C11H12ClN3O. The third-order valence-corrected chi connectivity index (χ3v) is 2.65. The Morgan fingerprint density at radius 1 is 1.69 bits per heavy atom. The van der Waals surface area contributed by atoms with Crippen molar-refractivity contribution in [1.82, 2.24) is 5.32 Å². The van der Waals surface area contributed by atoms with Crippen molar-refractivity contribution in [2.24, 2.45) is 5.73 Å². The van der Waals surface area contributed by atoms with Crippen LogP contribution in [-0.2, 0) is 10.3 Å². The Balaban J connectivity index is 3.12. The summed E-state index contributed by atoms with van der Waals surface area (Å²) < 4.78 is 0. The number of nitrogens with zero attached hydrogens (tertiary/aromatic N) is 1. The molecule has 1 aromatic rings. The van der Waals surface area contributed by atoms with Gasteiger partial charge in [0.25, 0.3) is 0 Å². The van der Waals surface area contributed by atoms with E-state index in [0.29, 0.717) is 10.6 Å². The molecule has 0 spiro atoms. The molecule has 5 heteroatoms. The van der Waals surface area contributed by atoms with Crippen LogP contribution in [0.5, 0.6) is 0 Å². The molecular weight excluding hydrogens is 226 g/mol. The molecule has 0 aromatic heterocycles. The van der Waals surface area contributed by atoms with Crippen molar-refractivity contribution in [3.05, 3.63) is 34.9 Å². The van der Waals surface area contributed by atoms with Crippen molar-refractivity contribution in [3.63, 3.8) is 0 Å². The van der Waals surface area contributed by atoms with E-state index in [1.807, 2.05) is 6.07 Å². The minimum absolute atomic E-state index is 0.0337. The van der Waals surface area contributed by atoms with Crippen LogP contribution >= 0.6 is 11.6 Å². The Morgan fingerprint density at radius 2 is 2.38 bits per heavy atom. The molecule has 1 amide bonds. The standard InChI is InChI=1S/C11H12ClN3O/c1-11(10(14)16,15-6-5-13)8-3-2-4-9(12)7-8/h2-4,7,15H,6H2,1H3,(H2,14,16). The highest BCUT2D eigenvalue weighted by atomic mass is 35.5. The van der Waals surface area contributed by atoms with Crippen molar-refractivity contribution in [3.8, 4) is 6.07 Å². The van der Waals surface area contributed by atoms with Gasteiger partial charge in [-0.2, -0.15) is 5.26 Å². The molecule has 0 saturated carbocycles. The number of halogens is 1. The van der Waals surface area contributed by atoms with Gasteiger partial charge in [-0.15, -0.1) is 0 Å². The molecule has 16 heavy (non-hydrogen) atoms. The molecule has 0 fully saturated rings. The molecule has 1 atom stereocenters. The number of benzene rings is 1. The van der Waals surface area contributed by atoms with E-state index >= 15 is 0 Å². The third kappa shape index (κ3) is 2.51. The molecule has 1 rings (SSSR count). The topological polar surface area (TPSA) is 78.9 Å². The second-order valence-electron chi connectivity index (χ2n) is 3.51. The lowest BCUT2D eigenvalue weighted by Gasteiger charge is -2.27. The van der Waals surface area contributed by atoms with Gasteiger partial charge >= 0.3 is 0 Å². The van der Waals surface area contributed by atoms with Crippen LogP contribution in [0.3, 0.4) is 0 Å². The number of rotatable bonds is 4. The Morgan fingerprint density at radius 3 is 2.88 bits per heavy atom. The largest absolute Gasteiger partial charge is 0.368 e. The fraction of sp³-hybridized carbons (Fsp3) is 0.273. The van der Waals surface area contributed by atoms with E-state index in [1.54, 1.807) is 31.2 Å². The van der Waals surface area contributed by atoms with Crippen molar-refractivity contribution >= 4 is 17.5 Å². The number of amides is 1. The number of nitrogens with one attached hydrogen (secondary N) is 1. The maximum Gasteiger partial charge on any atom is 0.242 e. The van der Waals surface area contributed by atoms with E-state index in [-0.39, 0.29) is 6.54 Å². The summed E-state index contributed by atoms with van der Waals surface area (Å²) in [5.74, 6) is -0.551. The van der Waals surface area contributed by atoms with E-state index in [1.165, 1.54) is 0 Å². The maximum absolute atomic E-state index is 11.4. The van der Waals surface area contributed by atoms with E-state index in [0.717, 1.165) is 0 Å². The zero-order valence-electron chi connectivity index (χ0n) is 8.83. The molecule has 1 unspecified atom stereocenters. The number of primary amides is 1. The summed E-state index contributed by atoms with van der Waals surface area (Å²) in [7, 11) is 0. The molecule has 0 aliphatic carbocycles. The molecule has 0 aliphatic rings. The van der Waals surface area contributed by atoms with Gasteiger partial charge in [-0.1, -0.05) is 23.7 Å². The second kappa shape index (κ2) is 4.97. The zero-order chi connectivity index (χ0) is 12.2. The van der Waals surface area contributed by atoms with Crippen LogP contribution in [-0.4, -0.2) is 12.5 Å². The molecule has 0 aliphatic heterocycles. The first-order chi connectivity index (χ1) is 7.50. The molecule has 84 valence electrons. The van der Waals surface area contributed by atoms with Gasteiger partial charge in [0.15, 0.2) is 0 Å². The summed E-state index contributed by atoms with van der Waals surface area (Å²) in [4.78, 5) is 11.4. The lowest BCUT2D eigenvalue weighted by atomic mass is 9.91. The predicted molar refractivity (Wildman–Crippen MR) is 61.6 cm³/mol. The number of carbonyl (C=O) groups excluding carboxylic acids is 1.